The van der Waals surface area contributed by atoms with Gasteiger partial charge >= 0.3 is 0 Å². The third-order valence-electron chi connectivity index (χ3n) is 4.61. The van der Waals surface area contributed by atoms with Gasteiger partial charge in [0.15, 0.2) is 0 Å². The van der Waals surface area contributed by atoms with Crippen LogP contribution in [0.1, 0.15) is 59.8 Å². The molecule has 1 heterocycles. The van der Waals surface area contributed by atoms with Gasteiger partial charge < -0.3 is 14.8 Å². The monoisotopic (exact) mass is 283 g/mol. The first-order valence-electron chi connectivity index (χ1n) is 8.41. The molecule has 2 atom stereocenters. The summed E-state index contributed by atoms with van der Waals surface area (Å²) in [4.78, 5) is 0. The van der Waals surface area contributed by atoms with Crippen molar-refractivity contribution in [2.75, 3.05) is 26.4 Å². The SMILES string of the molecule is CCCOCCC1(CNC(C)(C)C)CCOC1C1CC1. The Labute approximate surface area is 124 Å². The lowest BCUT2D eigenvalue weighted by Crippen LogP contribution is -2.48. The Balaban J connectivity index is 1.94. The van der Waals surface area contributed by atoms with Crippen LogP contribution < -0.4 is 5.32 Å². The van der Waals surface area contributed by atoms with E-state index in [1.54, 1.807) is 0 Å². The van der Waals surface area contributed by atoms with E-state index in [1.165, 1.54) is 19.3 Å². The summed E-state index contributed by atoms with van der Waals surface area (Å²) in [6, 6.07) is 0. The van der Waals surface area contributed by atoms with Crippen molar-refractivity contribution >= 4 is 0 Å². The summed E-state index contributed by atoms with van der Waals surface area (Å²) in [6.45, 7) is 12.7. The predicted octanol–water partition coefficient (Wildman–Crippen LogP) is 3.38. The van der Waals surface area contributed by atoms with Gasteiger partial charge in [0, 0.05) is 37.3 Å². The van der Waals surface area contributed by atoms with Crippen molar-refractivity contribution < 1.29 is 9.47 Å². The minimum Gasteiger partial charge on any atom is -0.381 e. The van der Waals surface area contributed by atoms with Crippen LogP contribution in [0.25, 0.3) is 0 Å². The Kier molecular flexibility index (Phi) is 5.49. The van der Waals surface area contributed by atoms with Gasteiger partial charge in [-0.2, -0.15) is 0 Å². The van der Waals surface area contributed by atoms with Gasteiger partial charge in [0.05, 0.1) is 6.10 Å². The van der Waals surface area contributed by atoms with Gasteiger partial charge in [-0.25, -0.2) is 0 Å². The zero-order chi connectivity index (χ0) is 14.6. The van der Waals surface area contributed by atoms with Crippen LogP contribution in [-0.2, 0) is 9.47 Å². The molecule has 2 unspecified atom stereocenters. The van der Waals surface area contributed by atoms with Gasteiger partial charge in [-0.3, -0.25) is 0 Å². The molecule has 1 aliphatic carbocycles. The molecule has 118 valence electrons. The normalized spacial score (nSPS) is 30.9. The Morgan fingerprint density at radius 1 is 1.25 bits per heavy atom. The van der Waals surface area contributed by atoms with Gasteiger partial charge in [0.25, 0.3) is 0 Å². The van der Waals surface area contributed by atoms with E-state index in [4.69, 9.17) is 9.47 Å². The summed E-state index contributed by atoms with van der Waals surface area (Å²) in [5.41, 5.74) is 0.468. The second-order valence-corrected chi connectivity index (χ2v) is 7.71. The lowest BCUT2D eigenvalue weighted by Gasteiger charge is -2.37. The molecule has 1 saturated carbocycles. The standard InChI is InChI=1S/C17H33NO2/c1-5-10-19-11-8-17(13-18-16(2,3)4)9-12-20-15(17)14-6-7-14/h14-15,18H,5-13H2,1-4H3. The highest BCUT2D eigenvalue weighted by Gasteiger charge is 2.50. The molecule has 0 aromatic carbocycles. The molecule has 0 radical (unpaired) electrons. The molecule has 0 amide bonds. The van der Waals surface area contributed by atoms with Crippen LogP contribution in [0.15, 0.2) is 0 Å². The van der Waals surface area contributed by atoms with Gasteiger partial charge in [0.2, 0.25) is 0 Å². The van der Waals surface area contributed by atoms with E-state index in [2.05, 4.69) is 33.0 Å². The molecule has 3 nitrogen and oxygen atoms in total. The number of rotatable bonds is 8. The predicted molar refractivity (Wildman–Crippen MR) is 83.0 cm³/mol. The van der Waals surface area contributed by atoms with Gasteiger partial charge in [0.1, 0.15) is 0 Å². The minimum absolute atomic E-state index is 0.175. The van der Waals surface area contributed by atoms with Crippen molar-refractivity contribution in [2.24, 2.45) is 11.3 Å². The number of hydrogen-bond donors (Lipinski definition) is 1. The Morgan fingerprint density at radius 2 is 2.00 bits per heavy atom. The van der Waals surface area contributed by atoms with Crippen LogP contribution >= 0.6 is 0 Å². The summed E-state index contributed by atoms with van der Waals surface area (Å²) in [5, 5.41) is 3.72. The van der Waals surface area contributed by atoms with E-state index in [-0.39, 0.29) is 5.54 Å². The summed E-state index contributed by atoms with van der Waals surface area (Å²) in [7, 11) is 0. The molecule has 0 aromatic rings. The first kappa shape index (κ1) is 16.3. The topological polar surface area (TPSA) is 30.5 Å². The van der Waals surface area contributed by atoms with Crippen molar-refractivity contribution in [3.63, 3.8) is 0 Å². The van der Waals surface area contributed by atoms with E-state index in [0.29, 0.717) is 11.5 Å². The smallest absolute Gasteiger partial charge is 0.0673 e. The van der Waals surface area contributed by atoms with Crippen LogP contribution in [-0.4, -0.2) is 38.0 Å². The summed E-state index contributed by atoms with van der Waals surface area (Å²) < 4.78 is 11.9. The van der Waals surface area contributed by atoms with E-state index < -0.39 is 0 Å². The van der Waals surface area contributed by atoms with E-state index in [1.807, 2.05) is 0 Å². The Bertz CT molecular complexity index is 296. The van der Waals surface area contributed by atoms with Crippen molar-refractivity contribution in [1.29, 1.82) is 0 Å². The third-order valence-corrected chi connectivity index (χ3v) is 4.61. The largest absolute Gasteiger partial charge is 0.381 e. The maximum absolute atomic E-state index is 6.12. The highest BCUT2D eigenvalue weighted by atomic mass is 16.5. The molecule has 20 heavy (non-hydrogen) atoms. The van der Waals surface area contributed by atoms with Crippen LogP contribution in [0.3, 0.4) is 0 Å². The maximum atomic E-state index is 6.12. The van der Waals surface area contributed by atoms with Crippen molar-refractivity contribution in [3.8, 4) is 0 Å². The van der Waals surface area contributed by atoms with Crippen LogP contribution in [0.2, 0.25) is 0 Å². The molecule has 1 aliphatic heterocycles. The molecular weight excluding hydrogens is 250 g/mol. The van der Waals surface area contributed by atoms with Gasteiger partial charge in [-0.1, -0.05) is 6.92 Å². The van der Waals surface area contributed by atoms with E-state index >= 15 is 0 Å². The lowest BCUT2D eigenvalue weighted by atomic mass is 9.75. The maximum Gasteiger partial charge on any atom is 0.0673 e. The number of nitrogens with one attached hydrogen (secondary N) is 1. The molecule has 3 heteroatoms. The van der Waals surface area contributed by atoms with E-state index in [0.717, 1.165) is 45.1 Å². The van der Waals surface area contributed by atoms with Gasteiger partial charge in [-0.05, 0) is 58.8 Å². The minimum atomic E-state index is 0.175. The number of ether oxygens (including phenoxy) is 2. The molecule has 0 bridgehead atoms. The Morgan fingerprint density at radius 3 is 2.60 bits per heavy atom. The fourth-order valence-electron chi connectivity index (χ4n) is 3.25. The summed E-state index contributed by atoms with van der Waals surface area (Å²) in [5.74, 6) is 0.811. The fraction of sp³-hybridized carbons (Fsp3) is 1.00. The molecule has 2 fully saturated rings. The third kappa shape index (κ3) is 4.44. The van der Waals surface area contributed by atoms with Crippen LogP contribution in [0.5, 0.6) is 0 Å². The first-order chi connectivity index (χ1) is 9.47. The zero-order valence-electron chi connectivity index (χ0n) is 13.8. The molecule has 0 aromatic heterocycles. The molecule has 1 N–H and O–H groups in total. The van der Waals surface area contributed by atoms with E-state index in [9.17, 15) is 0 Å². The van der Waals surface area contributed by atoms with Crippen molar-refractivity contribution in [1.82, 2.24) is 5.32 Å². The molecule has 2 aliphatic rings. The zero-order valence-corrected chi connectivity index (χ0v) is 13.8. The first-order valence-corrected chi connectivity index (χ1v) is 8.41. The van der Waals surface area contributed by atoms with Crippen LogP contribution in [0, 0.1) is 11.3 Å². The molecule has 2 rings (SSSR count). The van der Waals surface area contributed by atoms with Crippen molar-refractivity contribution in [3.05, 3.63) is 0 Å². The lowest BCUT2D eigenvalue weighted by molar-refractivity contribution is 0.00612. The average Bonchev–Trinajstić information content (AvgIpc) is 3.13. The fourth-order valence-corrected chi connectivity index (χ4v) is 3.25. The quantitative estimate of drug-likeness (QED) is 0.693. The Hall–Kier alpha value is -0.120. The second kappa shape index (κ2) is 6.76. The number of hydrogen-bond acceptors (Lipinski definition) is 3. The highest BCUT2D eigenvalue weighted by Crippen LogP contribution is 2.49. The summed E-state index contributed by atoms with van der Waals surface area (Å²) >= 11 is 0. The van der Waals surface area contributed by atoms with Crippen molar-refractivity contribution in [2.45, 2.75) is 71.4 Å². The second-order valence-electron chi connectivity index (χ2n) is 7.71. The van der Waals surface area contributed by atoms with Crippen LogP contribution in [0.4, 0.5) is 0 Å². The summed E-state index contributed by atoms with van der Waals surface area (Å²) in [6.07, 6.45) is 6.61. The molecule has 1 saturated heterocycles. The molecular formula is C17H33NO2. The average molecular weight is 283 g/mol. The molecule has 0 spiro atoms. The van der Waals surface area contributed by atoms with Gasteiger partial charge in [-0.15, -0.1) is 0 Å². The highest BCUT2D eigenvalue weighted by molar-refractivity contribution is 5.01.